The van der Waals surface area contributed by atoms with Crippen LogP contribution in [0.5, 0.6) is 0 Å². The highest BCUT2D eigenvalue weighted by Gasteiger charge is 2.41. The van der Waals surface area contributed by atoms with Crippen molar-refractivity contribution in [2.75, 3.05) is 6.54 Å². The van der Waals surface area contributed by atoms with Crippen molar-refractivity contribution in [2.45, 2.75) is 58.5 Å². The molecule has 0 saturated carbocycles. The fourth-order valence-electron chi connectivity index (χ4n) is 2.65. The number of thiazole rings is 1. The maximum absolute atomic E-state index is 12.8. The average molecular weight is 309 g/mol. The molecule has 5 nitrogen and oxygen atoms in total. The highest BCUT2D eigenvalue weighted by atomic mass is 32.1. The van der Waals surface area contributed by atoms with Gasteiger partial charge >= 0.3 is 0 Å². The lowest BCUT2D eigenvalue weighted by atomic mass is 9.91. The van der Waals surface area contributed by atoms with Crippen molar-refractivity contribution in [3.05, 3.63) is 16.1 Å². The van der Waals surface area contributed by atoms with Gasteiger partial charge in [-0.05, 0) is 19.3 Å². The first-order valence-electron chi connectivity index (χ1n) is 7.58. The quantitative estimate of drug-likeness (QED) is 0.906. The predicted molar refractivity (Wildman–Crippen MR) is 83.0 cm³/mol. The first-order valence-corrected chi connectivity index (χ1v) is 8.40. The van der Waals surface area contributed by atoms with Crippen molar-refractivity contribution in [2.24, 2.45) is 0 Å². The minimum atomic E-state index is -0.752. The van der Waals surface area contributed by atoms with Gasteiger partial charge in [0.25, 0.3) is 0 Å². The van der Waals surface area contributed by atoms with Crippen molar-refractivity contribution < 1.29 is 9.59 Å². The highest BCUT2D eigenvalue weighted by molar-refractivity contribution is 7.11. The Hall–Kier alpha value is -1.43. The summed E-state index contributed by atoms with van der Waals surface area (Å²) in [4.78, 5) is 32.1. The monoisotopic (exact) mass is 309 g/mol. The molecule has 21 heavy (non-hydrogen) atoms. The smallest absolute Gasteiger partial charge is 0.248 e. The summed E-state index contributed by atoms with van der Waals surface area (Å²) < 4.78 is 0. The number of hydrogen-bond donors (Lipinski definition) is 1. The maximum atomic E-state index is 12.8. The van der Waals surface area contributed by atoms with Crippen molar-refractivity contribution in [3.8, 4) is 0 Å². The lowest BCUT2D eigenvalue weighted by molar-refractivity contribution is -0.139. The van der Waals surface area contributed by atoms with Crippen LogP contribution in [0.25, 0.3) is 0 Å². The van der Waals surface area contributed by atoms with Gasteiger partial charge in [-0.3, -0.25) is 9.59 Å². The predicted octanol–water partition coefficient (Wildman–Crippen LogP) is 2.11. The molecule has 1 saturated heterocycles. The zero-order chi connectivity index (χ0) is 15.5. The minimum absolute atomic E-state index is 0.0200. The van der Waals surface area contributed by atoms with Crippen LogP contribution in [0, 0.1) is 0 Å². The Bertz CT molecular complexity index is 523. The van der Waals surface area contributed by atoms with Crippen LogP contribution < -0.4 is 5.32 Å². The van der Waals surface area contributed by atoms with E-state index in [0.29, 0.717) is 32.4 Å². The van der Waals surface area contributed by atoms with Gasteiger partial charge in [-0.1, -0.05) is 20.8 Å². The van der Waals surface area contributed by atoms with Crippen LogP contribution in [0.4, 0.5) is 0 Å². The summed E-state index contributed by atoms with van der Waals surface area (Å²) in [6.07, 6.45) is 4.42. The Morgan fingerprint density at radius 2 is 2.05 bits per heavy atom. The number of carbonyl (C=O) groups is 2. The van der Waals surface area contributed by atoms with E-state index in [9.17, 15) is 9.59 Å². The fourth-order valence-corrected chi connectivity index (χ4v) is 3.53. The number of carbonyl (C=O) groups excluding carboxylic acids is 2. The van der Waals surface area contributed by atoms with E-state index in [4.69, 9.17) is 0 Å². The maximum Gasteiger partial charge on any atom is 0.248 e. The van der Waals surface area contributed by atoms with Gasteiger partial charge in [0.2, 0.25) is 11.8 Å². The second kappa shape index (κ2) is 6.56. The summed E-state index contributed by atoms with van der Waals surface area (Å²) >= 11 is 1.64. The standard InChI is InChI=1S/C15H23N3O2S/c1-4-11-9-16-13(21-11)10-18-8-7-12(19)17-15(5-2,6-3)14(18)20/h9H,4-8,10H2,1-3H3,(H,17,19). The summed E-state index contributed by atoms with van der Waals surface area (Å²) in [5.41, 5.74) is -0.752. The van der Waals surface area contributed by atoms with E-state index >= 15 is 0 Å². The van der Waals surface area contributed by atoms with Crippen LogP contribution in [0.2, 0.25) is 0 Å². The first kappa shape index (κ1) is 15.9. The topological polar surface area (TPSA) is 62.3 Å². The molecule has 2 rings (SSSR count). The SMILES string of the molecule is CCc1cnc(CN2CCC(=O)NC(CC)(CC)C2=O)s1. The van der Waals surface area contributed by atoms with Crippen molar-refractivity contribution in [1.29, 1.82) is 0 Å². The minimum Gasteiger partial charge on any atom is -0.342 e. The van der Waals surface area contributed by atoms with Crippen molar-refractivity contribution in [1.82, 2.24) is 15.2 Å². The van der Waals surface area contributed by atoms with E-state index in [1.165, 1.54) is 4.88 Å². The molecular weight excluding hydrogens is 286 g/mol. The zero-order valence-corrected chi connectivity index (χ0v) is 13.8. The molecule has 2 heterocycles. The molecule has 0 atom stereocenters. The molecule has 0 unspecified atom stereocenters. The van der Waals surface area contributed by atoms with Crippen LogP contribution in [0.3, 0.4) is 0 Å². The number of rotatable bonds is 5. The van der Waals surface area contributed by atoms with Gasteiger partial charge in [-0.2, -0.15) is 0 Å². The van der Waals surface area contributed by atoms with Crippen molar-refractivity contribution in [3.63, 3.8) is 0 Å². The van der Waals surface area contributed by atoms with Gasteiger partial charge in [0.1, 0.15) is 10.5 Å². The molecule has 0 aliphatic carbocycles. The lowest BCUT2D eigenvalue weighted by Gasteiger charge is -2.33. The van der Waals surface area contributed by atoms with E-state index in [1.54, 1.807) is 16.2 Å². The van der Waals surface area contributed by atoms with Crippen LogP contribution in [0.15, 0.2) is 6.20 Å². The summed E-state index contributed by atoms with van der Waals surface area (Å²) in [5, 5.41) is 3.87. The van der Waals surface area contributed by atoms with Gasteiger partial charge in [0.15, 0.2) is 0 Å². The molecule has 0 aromatic carbocycles. The fraction of sp³-hybridized carbons (Fsp3) is 0.667. The molecule has 0 spiro atoms. The largest absolute Gasteiger partial charge is 0.342 e. The highest BCUT2D eigenvalue weighted by Crippen LogP contribution is 2.24. The number of hydrogen-bond acceptors (Lipinski definition) is 4. The van der Waals surface area contributed by atoms with Gasteiger partial charge < -0.3 is 10.2 Å². The molecule has 1 aromatic heterocycles. The summed E-state index contributed by atoms with van der Waals surface area (Å²) in [6, 6.07) is 0. The summed E-state index contributed by atoms with van der Waals surface area (Å²) in [7, 11) is 0. The Kier molecular flexibility index (Phi) is 4.98. The number of amides is 2. The Morgan fingerprint density at radius 3 is 2.62 bits per heavy atom. The van der Waals surface area contributed by atoms with Crippen LogP contribution in [-0.2, 0) is 22.6 Å². The molecule has 0 radical (unpaired) electrons. The Balaban J connectivity index is 2.21. The molecule has 1 N–H and O–H groups in total. The van der Waals surface area contributed by atoms with Crippen LogP contribution >= 0.6 is 11.3 Å². The van der Waals surface area contributed by atoms with E-state index < -0.39 is 5.54 Å². The van der Waals surface area contributed by atoms with Gasteiger partial charge in [-0.25, -0.2) is 4.98 Å². The van der Waals surface area contributed by atoms with E-state index in [1.807, 2.05) is 20.0 Å². The first-order chi connectivity index (χ1) is 10.0. The zero-order valence-electron chi connectivity index (χ0n) is 12.9. The third-order valence-corrected chi connectivity index (χ3v) is 5.29. The summed E-state index contributed by atoms with van der Waals surface area (Å²) in [6.45, 7) is 6.96. The van der Waals surface area contributed by atoms with Crippen LogP contribution in [-0.4, -0.2) is 33.8 Å². The molecule has 1 aromatic rings. The second-order valence-electron chi connectivity index (χ2n) is 5.39. The van der Waals surface area contributed by atoms with E-state index in [-0.39, 0.29) is 11.8 Å². The second-order valence-corrected chi connectivity index (χ2v) is 6.59. The Morgan fingerprint density at radius 1 is 1.33 bits per heavy atom. The molecule has 1 aliphatic rings. The van der Waals surface area contributed by atoms with Crippen LogP contribution in [0.1, 0.15) is 49.9 Å². The van der Waals surface area contributed by atoms with E-state index in [2.05, 4.69) is 17.2 Å². The molecule has 0 bridgehead atoms. The van der Waals surface area contributed by atoms with E-state index in [0.717, 1.165) is 11.4 Å². The third kappa shape index (κ3) is 3.26. The van der Waals surface area contributed by atoms with Gasteiger partial charge in [0, 0.05) is 24.0 Å². The number of nitrogens with one attached hydrogen (secondary N) is 1. The lowest BCUT2D eigenvalue weighted by Crippen LogP contribution is -2.56. The molecule has 2 amide bonds. The molecule has 1 aliphatic heterocycles. The van der Waals surface area contributed by atoms with Gasteiger partial charge in [0.05, 0.1) is 6.54 Å². The summed E-state index contributed by atoms with van der Waals surface area (Å²) in [5.74, 6) is -0.0189. The third-order valence-electron chi connectivity index (χ3n) is 4.17. The average Bonchev–Trinajstić information content (AvgIpc) is 2.91. The molecule has 6 heteroatoms. The number of nitrogens with zero attached hydrogens (tertiary/aromatic N) is 2. The molecule has 116 valence electrons. The van der Waals surface area contributed by atoms with Gasteiger partial charge in [-0.15, -0.1) is 11.3 Å². The normalized spacial score (nSPS) is 18.5. The number of aromatic nitrogens is 1. The Labute approximate surface area is 129 Å². The van der Waals surface area contributed by atoms with Crippen molar-refractivity contribution >= 4 is 23.2 Å². The molecular formula is C15H23N3O2S. The molecule has 1 fully saturated rings. The number of aryl methyl sites for hydroxylation is 1.